The minimum absolute atomic E-state index is 0.0815. The summed E-state index contributed by atoms with van der Waals surface area (Å²) >= 11 is 6.07. The first kappa shape index (κ1) is 13.7. The molecule has 0 spiro atoms. The number of hydrogen-bond acceptors (Lipinski definition) is 3. The number of rotatable bonds is 5. The van der Waals surface area contributed by atoms with Crippen LogP contribution in [-0.4, -0.2) is 12.2 Å². The SMILES string of the molecule is COc1ccc(CO)c(OCc2ccccc2Cl)c1. The van der Waals surface area contributed by atoms with Crippen LogP contribution in [0.3, 0.4) is 0 Å². The maximum absolute atomic E-state index is 9.29. The number of ether oxygens (including phenoxy) is 2. The van der Waals surface area contributed by atoms with Gasteiger partial charge in [0.25, 0.3) is 0 Å². The molecule has 2 aromatic rings. The van der Waals surface area contributed by atoms with Crippen molar-refractivity contribution in [3.8, 4) is 11.5 Å². The highest BCUT2D eigenvalue weighted by atomic mass is 35.5. The van der Waals surface area contributed by atoms with Crippen molar-refractivity contribution < 1.29 is 14.6 Å². The van der Waals surface area contributed by atoms with Gasteiger partial charge in [0.1, 0.15) is 18.1 Å². The van der Waals surface area contributed by atoms with Gasteiger partial charge >= 0.3 is 0 Å². The predicted octanol–water partition coefficient (Wildman–Crippen LogP) is 3.42. The fourth-order valence-corrected chi connectivity index (χ4v) is 1.89. The second-order valence-electron chi connectivity index (χ2n) is 4.01. The van der Waals surface area contributed by atoms with E-state index in [4.69, 9.17) is 21.1 Å². The van der Waals surface area contributed by atoms with Crippen LogP contribution in [0, 0.1) is 0 Å². The number of benzene rings is 2. The van der Waals surface area contributed by atoms with E-state index in [0.29, 0.717) is 28.7 Å². The van der Waals surface area contributed by atoms with Gasteiger partial charge in [-0.05, 0) is 18.2 Å². The minimum atomic E-state index is -0.0815. The first-order chi connectivity index (χ1) is 9.24. The summed E-state index contributed by atoms with van der Waals surface area (Å²) in [5, 5.41) is 9.95. The molecule has 0 saturated carbocycles. The zero-order valence-electron chi connectivity index (χ0n) is 10.6. The van der Waals surface area contributed by atoms with Gasteiger partial charge in [-0.25, -0.2) is 0 Å². The highest BCUT2D eigenvalue weighted by Crippen LogP contribution is 2.26. The molecule has 0 saturated heterocycles. The van der Waals surface area contributed by atoms with E-state index in [1.807, 2.05) is 24.3 Å². The van der Waals surface area contributed by atoms with E-state index >= 15 is 0 Å². The van der Waals surface area contributed by atoms with E-state index in [1.54, 1.807) is 25.3 Å². The zero-order chi connectivity index (χ0) is 13.7. The lowest BCUT2D eigenvalue weighted by Crippen LogP contribution is -2.00. The monoisotopic (exact) mass is 278 g/mol. The Hall–Kier alpha value is -1.71. The van der Waals surface area contributed by atoms with E-state index in [9.17, 15) is 5.11 Å². The van der Waals surface area contributed by atoms with Crippen LogP contribution in [0.25, 0.3) is 0 Å². The fourth-order valence-electron chi connectivity index (χ4n) is 1.70. The molecule has 19 heavy (non-hydrogen) atoms. The van der Waals surface area contributed by atoms with Crippen molar-refractivity contribution in [3.05, 3.63) is 58.6 Å². The van der Waals surface area contributed by atoms with Gasteiger partial charge in [0.15, 0.2) is 0 Å². The Morgan fingerprint density at radius 2 is 1.89 bits per heavy atom. The van der Waals surface area contributed by atoms with Gasteiger partial charge in [-0.2, -0.15) is 0 Å². The Morgan fingerprint density at radius 3 is 2.58 bits per heavy atom. The summed E-state index contributed by atoms with van der Waals surface area (Å²) in [5.74, 6) is 1.29. The van der Waals surface area contributed by atoms with Crippen molar-refractivity contribution in [2.75, 3.05) is 7.11 Å². The molecule has 0 atom stereocenters. The Labute approximate surface area is 117 Å². The third-order valence-electron chi connectivity index (χ3n) is 2.79. The van der Waals surface area contributed by atoms with Crippen LogP contribution in [0.2, 0.25) is 5.02 Å². The Kier molecular flexibility index (Phi) is 4.66. The average Bonchev–Trinajstić information content (AvgIpc) is 2.46. The lowest BCUT2D eigenvalue weighted by atomic mass is 10.2. The number of hydrogen-bond donors (Lipinski definition) is 1. The Bertz CT molecular complexity index is 555. The third-order valence-corrected chi connectivity index (χ3v) is 3.15. The molecule has 100 valence electrons. The van der Waals surface area contributed by atoms with Crippen LogP contribution in [0.1, 0.15) is 11.1 Å². The zero-order valence-corrected chi connectivity index (χ0v) is 11.4. The lowest BCUT2D eigenvalue weighted by Gasteiger charge is -2.12. The van der Waals surface area contributed by atoms with Gasteiger partial charge in [-0.3, -0.25) is 0 Å². The average molecular weight is 279 g/mol. The van der Waals surface area contributed by atoms with Crippen molar-refractivity contribution in [1.82, 2.24) is 0 Å². The van der Waals surface area contributed by atoms with E-state index in [1.165, 1.54) is 0 Å². The maximum Gasteiger partial charge on any atom is 0.129 e. The van der Waals surface area contributed by atoms with Gasteiger partial charge in [-0.1, -0.05) is 29.8 Å². The van der Waals surface area contributed by atoms with Crippen LogP contribution in [-0.2, 0) is 13.2 Å². The summed E-state index contributed by atoms with van der Waals surface area (Å²) in [7, 11) is 1.59. The highest BCUT2D eigenvalue weighted by molar-refractivity contribution is 6.31. The maximum atomic E-state index is 9.29. The molecule has 0 heterocycles. The van der Waals surface area contributed by atoms with Gasteiger partial charge in [0, 0.05) is 22.2 Å². The first-order valence-electron chi connectivity index (χ1n) is 5.88. The summed E-state index contributed by atoms with van der Waals surface area (Å²) in [5.41, 5.74) is 1.61. The summed E-state index contributed by atoms with van der Waals surface area (Å²) < 4.78 is 10.9. The predicted molar refractivity (Wildman–Crippen MR) is 74.7 cm³/mol. The Morgan fingerprint density at radius 1 is 1.11 bits per heavy atom. The van der Waals surface area contributed by atoms with E-state index in [-0.39, 0.29) is 6.61 Å². The first-order valence-corrected chi connectivity index (χ1v) is 6.26. The quantitative estimate of drug-likeness (QED) is 0.911. The van der Waals surface area contributed by atoms with E-state index in [0.717, 1.165) is 5.56 Å². The molecule has 0 aliphatic heterocycles. The fraction of sp³-hybridized carbons (Fsp3) is 0.200. The molecule has 0 amide bonds. The van der Waals surface area contributed by atoms with E-state index in [2.05, 4.69) is 0 Å². The molecule has 0 bridgehead atoms. The summed E-state index contributed by atoms with van der Waals surface area (Å²) in [6, 6.07) is 12.8. The molecule has 2 aromatic carbocycles. The van der Waals surface area contributed by atoms with Gasteiger partial charge < -0.3 is 14.6 Å². The van der Waals surface area contributed by atoms with Gasteiger partial charge in [0.05, 0.1) is 13.7 Å². The molecule has 2 rings (SSSR count). The number of aliphatic hydroxyl groups excluding tert-OH is 1. The van der Waals surface area contributed by atoms with Crippen molar-refractivity contribution in [3.63, 3.8) is 0 Å². The van der Waals surface area contributed by atoms with Crippen LogP contribution >= 0.6 is 11.6 Å². The largest absolute Gasteiger partial charge is 0.497 e. The summed E-state index contributed by atoms with van der Waals surface area (Å²) in [4.78, 5) is 0. The molecule has 0 unspecified atom stereocenters. The third kappa shape index (κ3) is 3.40. The van der Waals surface area contributed by atoms with Crippen LogP contribution < -0.4 is 9.47 Å². The standard InChI is InChI=1S/C15H15ClO3/c1-18-13-7-6-11(9-17)15(8-13)19-10-12-4-2-3-5-14(12)16/h2-8,17H,9-10H2,1H3. The molecule has 4 heteroatoms. The molecular formula is C15H15ClO3. The highest BCUT2D eigenvalue weighted by Gasteiger charge is 2.06. The van der Waals surface area contributed by atoms with Gasteiger partial charge in [-0.15, -0.1) is 0 Å². The molecule has 1 N–H and O–H groups in total. The molecule has 0 aliphatic rings. The molecule has 0 radical (unpaired) electrons. The minimum Gasteiger partial charge on any atom is -0.497 e. The molecule has 3 nitrogen and oxygen atoms in total. The van der Waals surface area contributed by atoms with Crippen molar-refractivity contribution in [1.29, 1.82) is 0 Å². The molecule has 0 aliphatic carbocycles. The normalized spacial score (nSPS) is 10.3. The lowest BCUT2D eigenvalue weighted by molar-refractivity contribution is 0.258. The topological polar surface area (TPSA) is 38.7 Å². The van der Waals surface area contributed by atoms with Crippen molar-refractivity contribution in [2.24, 2.45) is 0 Å². The number of halogens is 1. The Balaban J connectivity index is 2.16. The smallest absolute Gasteiger partial charge is 0.129 e. The van der Waals surface area contributed by atoms with Crippen LogP contribution in [0.5, 0.6) is 11.5 Å². The molecule has 0 fully saturated rings. The van der Waals surface area contributed by atoms with Crippen LogP contribution in [0.15, 0.2) is 42.5 Å². The molecular weight excluding hydrogens is 264 g/mol. The summed E-state index contributed by atoms with van der Waals surface area (Å²) in [6.07, 6.45) is 0. The van der Waals surface area contributed by atoms with E-state index < -0.39 is 0 Å². The number of aliphatic hydroxyl groups is 1. The van der Waals surface area contributed by atoms with Crippen molar-refractivity contribution >= 4 is 11.6 Å². The summed E-state index contributed by atoms with van der Waals surface area (Å²) in [6.45, 7) is 0.266. The van der Waals surface area contributed by atoms with Crippen molar-refractivity contribution in [2.45, 2.75) is 13.2 Å². The van der Waals surface area contributed by atoms with Gasteiger partial charge in [0.2, 0.25) is 0 Å². The second-order valence-corrected chi connectivity index (χ2v) is 4.42. The molecule has 0 aromatic heterocycles. The number of methoxy groups -OCH3 is 1. The second kappa shape index (κ2) is 6.45. The van der Waals surface area contributed by atoms with Crippen LogP contribution in [0.4, 0.5) is 0 Å².